The van der Waals surface area contributed by atoms with Gasteiger partial charge in [0.1, 0.15) is 5.78 Å². The van der Waals surface area contributed by atoms with Crippen LogP contribution >= 0.6 is 0 Å². The van der Waals surface area contributed by atoms with Crippen LogP contribution < -0.4 is 0 Å². The average molecular weight is 213 g/mol. The molecule has 0 aliphatic carbocycles. The van der Waals surface area contributed by atoms with Gasteiger partial charge in [-0.1, -0.05) is 6.08 Å². The third-order valence-electron chi connectivity index (χ3n) is 2.03. The van der Waals surface area contributed by atoms with Crippen LogP contribution in [0.2, 0.25) is 0 Å². The third-order valence-corrected chi connectivity index (χ3v) is 2.03. The summed E-state index contributed by atoms with van der Waals surface area (Å²) in [6.07, 6.45) is 2.62. The minimum absolute atomic E-state index is 0.155. The van der Waals surface area contributed by atoms with E-state index in [0.29, 0.717) is 32.5 Å². The molecule has 0 aromatic carbocycles. The summed E-state index contributed by atoms with van der Waals surface area (Å²) in [5.41, 5.74) is 0. The van der Waals surface area contributed by atoms with Crippen molar-refractivity contribution < 1.29 is 14.3 Å². The first-order valence-electron chi connectivity index (χ1n) is 4.99. The molecular weight excluding hydrogens is 194 g/mol. The van der Waals surface area contributed by atoms with Gasteiger partial charge < -0.3 is 4.74 Å². The van der Waals surface area contributed by atoms with Crippen molar-refractivity contribution in [1.82, 2.24) is 4.90 Å². The van der Waals surface area contributed by atoms with Crippen LogP contribution in [-0.4, -0.2) is 43.4 Å². The molecule has 0 aromatic heterocycles. The van der Waals surface area contributed by atoms with Gasteiger partial charge in [-0.15, -0.1) is 6.58 Å². The van der Waals surface area contributed by atoms with Gasteiger partial charge in [-0.2, -0.15) is 0 Å². The van der Waals surface area contributed by atoms with Crippen molar-refractivity contribution in [3.05, 3.63) is 12.7 Å². The molecule has 0 amide bonds. The summed E-state index contributed by atoms with van der Waals surface area (Å²) in [5.74, 6) is -0.0750. The Balaban J connectivity index is 3.86. The predicted octanol–water partition coefficient (Wildman–Crippen LogP) is 1.02. The first-order chi connectivity index (χ1) is 7.10. The van der Waals surface area contributed by atoms with Gasteiger partial charge in [0.25, 0.3) is 0 Å². The Labute approximate surface area is 90.9 Å². The number of nitrogens with zero attached hydrogens (tertiary/aromatic N) is 1. The van der Waals surface area contributed by atoms with Gasteiger partial charge >= 0.3 is 5.97 Å². The van der Waals surface area contributed by atoms with Crippen molar-refractivity contribution in [3.8, 4) is 0 Å². The summed E-state index contributed by atoms with van der Waals surface area (Å²) >= 11 is 0. The number of Topliss-reactive ketones (excluding diaryl/α,β-unsaturated/α-hetero) is 1. The Morgan fingerprint density at radius 2 is 1.93 bits per heavy atom. The molecule has 0 spiro atoms. The second-order valence-electron chi connectivity index (χ2n) is 3.37. The van der Waals surface area contributed by atoms with Crippen molar-refractivity contribution >= 4 is 11.8 Å². The number of rotatable bonds is 8. The minimum atomic E-state index is -0.230. The SMILES string of the molecule is C=CCN(CCC(C)=O)CCC(=O)OC. The number of ether oxygens (including phenoxy) is 1. The van der Waals surface area contributed by atoms with Crippen LogP contribution in [0.3, 0.4) is 0 Å². The molecule has 4 heteroatoms. The summed E-state index contributed by atoms with van der Waals surface area (Å²) in [4.78, 5) is 23.7. The fourth-order valence-electron chi connectivity index (χ4n) is 1.14. The van der Waals surface area contributed by atoms with E-state index in [-0.39, 0.29) is 11.8 Å². The van der Waals surface area contributed by atoms with E-state index in [9.17, 15) is 9.59 Å². The summed E-state index contributed by atoms with van der Waals surface area (Å²) in [6, 6.07) is 0. The zero-order valence-corrected chi connectivity index (χ0v) is 9.49. The van der Waals surface area contributed by atoms with E-state index in [1.807, 2.05) is 4.90 Å². The lowest BCUT2D eigenvalue weighted by Crippen LogP contribution is -2.29. The maximum Gasteiger partial charge on any atom is 0.306 e. The van der Waals surface area contributed by atoms with E-state index >= 15 is 0 Å². The molecule has 0 aliphatic rings. The fraction of sp³-hybridized carbons (Fsp3) is 0.636. The van der Waals surface area contributed by atoms with Crippen molar-refractivity contribution in [3.63, 3.8) is 0 Å². The van der Waals surface area contributed by atoms with Crippen molar-refractivity contribution in [2.24, 2.45) is 0 Å². The monoisotopic (exact) mass is 213 g/mol. The molecule has 0 unspecified atom stereocenters. The highest BCUT2D eigenvalue weighted by atomic mass is 16.5. The Hall–Kier alpha value is -1.16. The second kappa shape index (κ2) is 8.17. The second-order valence-corrected chi connectivity index (χ2v) is 3.37. The number of carbonyl (C=O) groups excluding carboxylic acids is 2. The zero-order valence-electron chi connectivity index (χ0n) is 9.49. The topological polar surface area (TPSA) is 46.6 Å². The lowest BCUT2D eigenvalue weighted by atomic mass is 10.2. The summed E-state index contributed by atoms with van der Waals surface area (Å²) in [7, 11) is 1.37. The highest BCUT2D eigenvalue weighted by Crippen LogP contribution is 1.96. The van der Waals surface area contributed by atoms with Gasteiger partial charge in [-0.05, 0) is 6.92 Å². The van der Waals surface area contributed by atoms with Gasteiger partial charge in [0.05, 0.1) is 13.5 Å². The maximum atomic E-state index is 10.9. The Bertz CT molecular complexity index is 226. The van der Waals surface area contributed by atoms with Gasteiger partial charge in [0, 0.05) is 26.1 Å². The molecule has 0 heterocycles. The first-order valence-corrected chi connectivity index (χ1v) is 4.99. The number of carbonyl (C=O) groups is 2. The van der Waals surface area contributed by atoms with Crippen LogP contribution in [0.4, 0.5) is 0 Å². The molecule has 86 valence electrons. The normalized spacial score (nSPS) is 10.1. The van der Waals surface area contributed by atoms with Gasteiger partial charge in [-0.3, -0.25) is 14.5 Å². The molecule has 0 fully saturated rings. The van der Waals surface area contributed by atoms with E-state index < -0.39 is 0 Å². The van der Waals surface area contributed by atoms with Crippen LogP contribution in [0.25, 0.3) is 0 Å². The van der Waals surface area contributed by atoms with Crippen LogP contribution in [0.5, 0.6) is 0 Å². The van der Waals surface area contributed by atoms with Gasteiger partial charge in [0.2, 0.25) is 0 Å². The molecule has 0 rings (SSSR count). The number of methoxy groups -OCH3 is 1. The quantitative estimate of drug-likeness (QED) is 0.446. The molecule has 0 radical (unpaired) electrons. The van der Waals surface area contributed by atoms with E-state index in [2.05, 4.69) is 11.3 Å². The molecule has 0 bridgehead atoms. The first kappa shape index (κ1) is 13.8. The molecule has 0 atom stereocenters. The highest BCUT2D eigenvalue weighted by Gasteiger charge is 2.07. The third kappa shape index (κ3) is 7.88. The van der Waals surface area contributed by atoms with Crippen LogP contribution in [0.15, 0.2) is 12.7 Å². The van der Waals surface area contributed by atoms with E-state index in [1.165, 1.54) is 7.11 Å². The Morgan fingerprint density at radius 1 is 1.33 bits per heavy atom. The molecular formula is C11H19NO3. The van der Waals surface area contributed by atoms with Crippen molar-refractivity contribution in [1.29, 1.82) is 0 Å². The molecule has 0 aromatic rings. The van der Waals surface area contributed by atoms with Crippen molar-refractivity contribution in [2.75, 3.05) is 26.7 Å². The maximum absolute atomic E-state index is 10.9. The Morgan fingerprint density at radius 3 is 2.40 bits per heavy atom. The largest absolute Gasteiger partial charge is 0.469 e. The number of hydrogen-bond donors (Lipinski definition) is 0. The molecule has 15 heavy (non-hydrogen) atoms. The summed E-state index contributed by atoms with van der Waals surface area (Å²) < 4.78 is 4.55. The lowest BCUT2D eigenvalue weighted by molar-refractivity contribution is -0.140. The number of hydrogen-bond acceptors (Lipinski definition) is 4. The molecule has 0 N–H and O–H groups in total. The predicted molar refractivity (Wildman–Crippen MR) is 58.6 cm³/mol. The van der Waals surface area contributed by atoms with E-state index in [4.69, 9.17) is 0 Å². The molecule has 0 aliphatic heterocycles. The molecule has 4 nitrogen and oxygen atoms in total. The number of esters is 1. The Kier molecular flexibility index (Phi) is 7.54. The van der Waals surface area contributed by atoms with Crippen LogP contribution in [0.1, 0.15) is 19.8 Å². The van der Waals surface area contributed by atoms with E-state index in [0.717, 1.165) is 0 Å². The van der Waals surface area contributed by atoms with Crippen LogP contribution in [-0.2, 0) is 14.3 Å². The summed E-state index contributed by atoms with van der Waals surface area (Å²) in [6.45, 7) is 7.15. The standard InChI is InChI=1S/C11H19NO3/c1-4-7-12(8-5-10(2)13)9-6-11(14)15-3/h4H,1,5-9H2,2-3H3. The smallest absolute Gasteiger partial charge is 0.306 e. The lowest BCUT2D eigenvalue weighted by Gasteiger charge is -2.18. The zero-order chi connectivity index (χ0) is 11.7. The number of ketones is 1. The summed E-state index contributed by atoms with van der Waals surface area (Å²) in [5, 5.41) is 0. The van der Waals surface area contributed by atoms with Crippen LogP contribution in [0, 0.1) is 0 Å². The average Bonchev–Trinajstić information content (AvgIpc) is 2.21. The van der Waals surface area contributed by atoms with Crippen molar-refractivity contribution in [2.45, 2.75) is 19.8 Å². The van der Waals surface area contributed by atoms with Gasteiger partial charge in [0.15, 0.2) is 0 Å². The molecule has 0 saturated heterocycles. The molecule has 0 saturated carbocycles. The highest BCUT2D eigenvalue weighted by molar-refractivity contribution is 5.75. The minimum Gasteiger partial charge on any atom is -0.469 e. The fourth-order valence-corrected chi connectivity index (χ4v) is 1.14. The van der Waals surface area contributed by atoms with Gasteiger partial charge in [-0.25, -0.2) is 0 Å². The van der Waals surface area contributed by atoms with E-state index in [1.54, 1.807) is 13.0 Å².